The molecule has 0 saturated carbocycles. The van der Waals surface area contributed by atoms with Crippen LogP contribution in [0.4, 0.5) is 0 Å². The van der Waals surface area contributed by atoms with Crippen molar-refractivity contribution in [2.75, 3.05) is 6.61 Å². The number of hydrogen-bond acceptors (Lipinski definition) is 3. The third kappa shape index (κ3) is 3.08. The van der Waals surface area contributed by atoms with Crippen molar-refractivity contribution in [1.29, 1.82) is 5.26 Å². The molecule has 0 atom stereocenters. The van der Waals surface area contributed by atoms with Crippen LogP contribution in [0, 0.1) is 11.3 Å². The van der Waals surface area contributed by atoms with Crippen molar-refractivity contribution in [3.63, 3.8) is 0 Å². The number of nitriles is 1. The number of nitrogens with zero attached hydrogens (tertiary/aromatic N) is 1. The van der Waals surface area contributed by atoms with Gasteiger partial charge in [0, 0.05) is 0 Å². The smallest absolute Gasteiger partial charge is 0.103 e. The highest BCUT2D eigenvalue weighted by Crippen LogP contribution is 2.05. The van der Waals surface area contributed by atoms with Crippen LogP contribution in [0.25, 0.3) is 6.08 Å². The molecule has 13 heavy (non-hydrogen) atoms. The topological polar surface area (TPSA) is 59.0 Å². The minimum absolute atomic E-state index is 0.144. The molecule has 0 aliphatic carbocycles. The zero-order valence-corrected chi connectivity index (χ0v) is 7.10. The van der Waals surface area contributed by atoms with E-state index >= 15 is 0 Å². The third-order valence-electron chi connectivity index (χ3n) is 1.52. The summed E-state index contributed by atoms with van der Waals surface area (Å²) in [6, 6.07) is 11.6. The average molecular weight is 174 g/mol. The average Bonchev–Trinajstić information content (AvgIpc) is 2.19. The highest BCUT2D eigenvalue weighted by Gasteiger charge is 1.94. The Bertz CT molecular complexity index is 325. The molecule has 1 rings (SSSR count). The van der Waals surface area contributed by atoms with Crippen LogP contribution in [-0.2, 0) is 4.84 Å². The summed E-state index contributed by atoms with van der Waals surface area (Å²) in [5.41, 5.74) is 1.48. The van der Waals surface area contributed by atoms with E-state index in [-0.39, 0.29) is 6.61 Å². The predicted octanol–water partition coefficient (Wildman–Crippen LogP) is 1.48. The van der Waals surface area contributed by atoms with E-state index in [0.717, 1.165) is 5.56 Å². The van der Waals surface area contributed by atoms with Crippen molar-refractivity contribution in [1.82, 2.24) is 0 Å². The molecular formula is C10H10N2O. The quantitative estimate of drug-likeness (QED) is 0.557. The Balaban J connectivity index is 2.81. The van der Waals surface area contributed by atoms with Crippen molar-refractivity contribution in [2.45, 2.75) is 0 Å². The van der Waals surface area contributed by atoms with E-state index in [1.165, 1.54) is 0 Å². The van der Waals surface area contributed by atoms with Crippen LogP contribution in [0.1, 0.15) is 5.56 Å². The van der Waals surface area contributed by atoms with Crippen LogP contribution in [0.5, 0.6) is 0 Å². The van der Waals surface area contributed by atoms with Gasteiger partial charge in [-0.05, 0) is 11.6 Å². The van der Waals surface area contributed by atoms with E-state index in [9.17, 15) is 0 Å². The molecule has 0 amide bonds. The van der Waals surface area contributed by atoms with Crippen molar-refractivity contribution in [2.24, 2.45) is 5.90 Å². The molecule has 0 spiro atoms. The van der Waals surface area contributed by atoms with E-state index in [0.29, 0.717) is 5.57 Å². The molecule has 3 nitrogen and oxygen atoms in total. The number of rotatable bonds is 3. The first-order valence-corrected chi connectivity index (χ1v) is 3.84. The van der Waals surface area contributed by atoms with Gasteiger partial charge in [-0.3, -0.25) is 4.84 Å². The molecule has 0 fully saturated rings. The van der Waals surface area contributed by atoms with Crippen molar-refractivity contribution in [3.8, 4) is 6.07 Å². The summed E-state index contributed by atoms with van der Waals surface area (Å²) in [6.07, 6.45) is 1.74. The summed E-state index contributed by atoms with van der Waals surface area (Å²) >= 11 is 0. The summed E-state index contributed by atoms with van der Waals surface area (Å²) in [5.74, 6) is 4.87. The highest BCUT2D eigenvalue weighted by molar-refractivity contribution is 5.56. The molecule has 0 aromatic heterocycles. The molecule has 2 N–H and O–H groups in total. The molecule has 0 aliphatic rings. The highest BCUT2D eigenvalue weighted by atomic mass is 16.6. The molecule has 0 heterocycles. The normalized spacial score (nSPS) is 10.9. The summed E-state index contributed by atoms with van der Waals surface area (Å²) in [5, 5.41) is 8.66. The van der Waals surface area contributed by atoms with Crippen molar-refractivity contribution < 1.29 is 4.84 Å². The predicted molar refractivity (Wildman–Crippen MR) is 50.2 cm³/mol. The molecule has 0 aliphatic heterocycles. The van der Waals surface area contributed by atoms with E-state index in [4.69, 9.17) is 11.2 Å². The van der Waals surface area contributed by atoms with Crippen molar-refractivity contribution in [3.05, 3.63) is 41.5 Å². The lowest BCUT2D eigenvalue weighted by molar-refractivity contribution is 0.164. The van der Waals surface area contributed by atoms with Gasteiger partial charge in [0.2, 0.25) is 0 Å². The zero-order valence-electron chi connectivity index (χ0n) is 7.10. The Morgan fingerprint density at radius 2 is 2.15 bits per heavy atom. The lowest BCUT2D eigenvalue weighted by Gasteiger charge is -1.95. The SMILES string of the molecule is N#C/C(=C\c1ccccc1)CON. The second-order valence-electron chi connectivity index (χ2n) is 2.50. The Morgan fingerprint density at radius 1 is 1.46 bits per heavy atom. The Morgan fingerprint density at radius 3 is 2.69 bits per heavy atom. The molecule has 0 bridgehead atoms. The summed E-state index contributed by atoms with van der Waals surface area (Å²) < 4.78 is 0. The standard InChI is InChI=1S/C10H10N2O/c11-7-10(8-13-12)6-9-4-2-1-3-5-9/h1-6H,8,12H2/b10-6+. The molecule has 0 unspecified atom stereocenters. The number of benzene rings is 1. The largest absolute Gasteiger partial charge is 0.299 e. The van der Waals surface area contributed by atoms with Gasteiger partial charge in [0.1, 0.15) is 6.61 Å². The molecule has 1 aromatic rings. The lowest BCUT2D eigenvalue weighted by Crippen LogP contribution is -2.02. The molecule has 66 valence electrons. The number of hydrogen-bond donors (Lipinski definition) is 1. The molecule has 0 saturated heterocycles. The fraction of sp³-hybridized carbons (Fsp3) is 0.100. The summed E-state index contributed by atoms with van der Waals surface area (Å²) in [4.78, 5) is 4.38. The fourth-order valence-electron chi connectivity index (χ4n) is 0.946. The third-order valence-corrected chi connectivity index (χ3v) is 1.52. The first-order chi connectivity index (χ1) is 6.36. The minimum atomic E-state index is 0.144. The molecule has 1 aromatic carbocycles. The Labute approximate surface area is 77.0 Å². The van der Waals surface area contributed by atoms with Crippen molar-refractivity contribution >= 4 is 6.08 Å². The van der Waals surface area contributed by atoms with E-state index in [1.807, 2.05) is 36.4 Å². The maximum Gasteiger partial charge on any atom is 0.103 e. The second kappa shape index (κ2) is 5.09. The van der Waals surface area contributed by atoms with E-state index in [1.54, 1.807) is 6.08 Å². The van der Waals surface area contributed by atoms with Gasteiger partial charge in [-0.2, -0.15) is 5.26 Å². The first-order valence-electron chi connectivity index (χ1n) is 3.84. The molecule has 3 heteroatoms. The Kier molecular flexibility index (Phi) is 3.71. The van der Waals surface area contributed by atoms with Gasteiger partial charge in [0.25, 0.3) is 0 Å². The molecular weight excluding hydrogens is 164 g/mol. The Hall–Kier alpha value is -1.63. The van der Waals surface area contributed by atoms with Gasteiger partial charge < -0.3 is 0 Å². The van der Waals surface area contributed by atoms with Crippen LogP contribution in [-0.4, -0.2) is 6.61 Å². The fourth-order valence-corrected chi connectivity index (χ4v) is 0.946. The summed E-state index contributed by atoms with van der Waals surface area (Å²) in [7, 11) is 0. The van der Waals surface area contributed by atoms with Gasteiger partial charge in [-0.15, -0.1) is 0 Å². The monoisotopic (exact) mass is 174 g/mol. The van der Waals surface area contributed by atoms with Crippen LogP contribution in [0.15, 0.2) is 35.9 Å². The summed E-state index contributed by atoms with van der Waals surface area (Å²) in [6.45, 7) is 0.144. The minimum Gasteiger partial charge on any atom is -0.299 e. The van der Waals surface area contributed by atoms with Crippen LogP contribution in [0.3, 0.4) is 0 Å². The first kappa shape index (κ1) is 9.46. The maximum absolute atomic E-state index is 8.66. The van der Waals surface area contributed by atoms with Gasteiger partial charge >= 0.3 is 0 Å². The van der Waals surface area contributed by atoms with E-state index < -0.39 is 0 Å². The van der Waals surface area contributed by atoms with Crippen LogP contribution in [0.2, 0.25) is 0 Å². The van der Waals surface area contributed by atoms with Gasteiger partial charge in [-0.25, -0.2) is 5.90 Å². The zero-order chi connectivity index (χ0) is 9.52. The van der Waals surface area contributed by atoms with Gasteiger partial charge in [0.05, 0.1) is 11.6 Å². The van der Waals surface area contributed by atoms with Crippen LogP contribution < -0.4 is 5.90 Å². The van der Waals surface area contributed by atoms with Gasteiger partial charge in [-0.1, -0.05) is 30.3 Å². The lowest BCUT2D eigenvalue weighted by atomic mass is 10.1. The van der Waals surface area contributed by atoms with Crippen LogP contribution >= 0.6 is 0 Å². The maximum atomic E-state index is 8.66. The van der Waals surface area contributed by atoms with E-state index in [2.05, 4.69) is 4.84 Å². The van der Waals surface area contributed by atoms with Gasteiger partial charge in [0.15, 0.2) is 0 Å². The number of nitrogens with two attached hydrogens (primary N) is 1. The molecule has 0 radical (unpaired) electrons. The second-order valence-corrected chi connectivity index (χ2v) is 2.50.